The summed E-state index contributed by atoms with van der Waals surface area (Å²) in [6.07, 6.45) is 1.23. The predicted molar refractivity (Wildman–Crippen MR) is 117 cm³/mol. The van der Waals surface area contributed by atoms with Gasteiger partial charge in [0, 0.05) is 24.0 Å². The van der Waals surface area contributed by atoms with Crippen molar-refractivity contribution in [2.45, 2.75) is 12.8 Å². The number of hydrogen-bond acceptors (Lipinski definition) is 5. The summed E-state index contributed by atoms with van der Waals surface area (Å²) < 4.78 is 4.95. The molecule has 0 spiro atoms. The summed E-state index contributed by atoms with van der Waals surface area (Å²) in [6.45, 7) is 1.09. The van der Waals surface area contributed by atoms with E-state index in [1.807, 2.05) is 32.3 Å². The van der Waals surface area contributed by atoms with Gasteiger partial charge in [-0.2, -0.15) is 0 Å². The molecule has 1 aliphatic rings. The van der Waals surface area contributed by atoms with Gasteiger partial charge >= 0.3 is 5.97 Å². The second-order valence-corrected chi connectivity index (χ2v) is 7.96. The van der Waals surface area contributed by atoms with E-state index in [-0.39, 0.29) is 11.8 Å². The Morgan fingerprint density at radius 2 is 1.71 bits per heavy atom. The minimum atomic E-state index is -0.391. The number of esters is 1. The Morgan fingerprint density at radius 3 is 2.32 bits per heavy atom. The van der Waals surface area contributed by atoms with Gasteiger partial charge in [-0.05, 0) is 62.3 Å². The van der Waals surface area contributed by atoms with E-state index in [4.69, 9.17) is 4.74 Å². The second-order valence-electron chi connectivity index (χ2n) is 7.96. The molecule has 0 bridgehead atoms. The van der Waals surface area contributed by atoms with Crippen LogP contribution in [0.1, 0.15) is 42.3 Å². The molecule has 1 aromatic heterocycles. The summed E-state index contributed by atoms with van der Waals surface area (Å²) in [5.41, 5.74) is 4.16. The fraction of sp³-hybridized carbons (Fsp3) is 0.292. The normalized spacial score (nSPS) is 13.4. The maximum absolute atomic E-state index is 12.6. The Bertz CT molecular complexity index is 1140. The van der Waals surface area contributed by atoms with Gasteiger partial charge in [0.15, 0.2) is 0 Å². The zero-order valence-corrected chi connectivity index (χ0v) is 17.9. The minimum absolute atomic E-state index is 0.247. The number of rotatable bonds is 7. The maximum atomic E-state index is 12.6. The first-order chi connectivity index (χ1) is 14.9. The molecule has 4 rings (SSSR count). The van der Waals surface area contributed by atoms with Gasteiger partial charge in [-0.3, -0.25) is 14.5 Å². The number of nitrogens with zero attached hydrogens (tertiary/aromatic N) is 2. The van der Waals surface area contributed by atoms with Gasteiger partial charge in [0.25, 0.3) is 11.8 Å². The molecule has 7 nitrogen and oxygen atoms in total. The van der Waals surface area contributed by atoms with Gasteiger partial charge in [0.2, 0.25) is 0 Å². The van der Waals surface area contributed by atoms with E-state index in [1.54, 1.807) is 24.3 Å². The van der Waals surface area contributed by atoms with Crippen molar-refractivity contribution in [1.82, 2.24) is 14.8 Å². The topological polar surface area (TPSA) is 82.7 Å². The number of imide groups is 1. The highest BCUT2D eigenvalue weighted by molar-refractivity contribution is 6.21. The number of benzene rings is 2. The predicted octanol–water partition coefficient (Wildman–Crippen LogP) is 2.90. The van der Waals surface area contributed by atoms with Crippen molar-refractivity contribution in [2.24, 2.45) is 0 Å². The molecule has 1 aliphatic heterocycles. The SMILES string of the molecule is COC(=O)c1[nH]c2ccc(CCN3C(=O)c4ccccc4C3=O)cc2c1CCN(C)C. The number of H-pyrrole nitrogens is 1. The molecule has 0 saturated heterocycles. The zero-order valence-electron chi connectivity index (χ0n) is 17.9. The van der Waals surface area contributed by atoms with Crippen molar-refractivity contribution in [3.8, 4) is 0 Å². The first-order valence-corrected chi connectivity index (χ1v) is 10.2. The molecule has 0 fully saturated rings. The monoisotopic (exact) mass is 419 g/mol. The van der Waals surface area contributed by atoms with Gasteiger partial charge in [-0.1, -0.05) is 18.2 Å². The number of hydrogen-bond donors (Lipinski definition) is 1. The van der Waals surface area contributed by atoms with Crippen molar-refractivity contribution in [1.29, 1.82) is 0 Å². The molecule has 160 valence electrons. The van der Waals surface area contributed by atoms with E-state index in [0.717, 1.165) is 28.6 Å². The van der Waals surface area contributed by atoms with E-state index in [9.17, 15) is 14.4 Å². The molecule has 0 saturated carbocycles. The Hall–Kier alpha value is -3.45. The molecule has 0 radical (unpaired) electrons. The third-order valence-corrected chi connectivity index (χ3v) is 5.67. The number of aromatic amines is 1. The first kappa shape index (κ1) is 20.8. The van der Waals surface area contributed by atoms with E-state index >= 15 is 0 Å². The largest absolute Gasteiger partial charge is 0.464 e. The van der Waals surface area contributed by atoms with Crippen LogP contribution in [0.3, 0.4) is 0 Å². The van der Waals surface area contributed by atoms with Crippen LogP contribution in [0.4, 0.5) is 0 Å². The molecule has 31 heavy (non-hydrogen) atoms. The number of fused-ring (bicyclic) bond motifs is 2. The molecule has 0 unspecified atom stereocenters. The number of likely N-dealkylation sites (N-methyl/N-ethyl adjacent to an activating group) is 1. The van der Waals surface area contributed by atoms with Gasteiger partial charge in [-0.25, -0.2) is 4.79 Å². The third-order valence-electron chi connectivity index (χ3n) is 5.67. The summed E-state index contributed by atoms with van der Waals surface area (Å²) in [6, 6.07) is 12.8. The lowest BCUT2D eigenvalue weighted by Gasteiger charge is -2.14. The van der Waals surface area contributed by atoms with Crippen LogP contribution < -0.4 is 0 Å². The summed E-state index contributed by atoms with van der Waals surface area (Å²) in [5.74, 6) is -0.886. The van der Waals surface area contributed by atoms with E-state index in [0.29, 0.717) is 36.2 Å². The summed E-state index contributed by atoms with van der Waals surface area (Å²) >= 11 is 0. The lowest BCUT2D eigenvalue weighted by Crippen LogP contribution is -2.31. The van der Waals surface area contributed by atoms with Gasteiger partial charge in [-0.15, -0.1) is 0 Å². The Kier molecular flexibility index (Phi) is 5.61. The molecular formula is C24H25N3O4. The fourth-order valence-electron chi connectivity index (χ4n) is 4.00. The van der Waals surface area contributed by atoms with Crippen LogP contribution in [0.15, 0.2) is 42.5 Å². The summed E-state index contributed by atoms with van der Waals surface area (Å²) in [7, 11) is 5.34. The summed E-state index contributed by atoms with van der Waals surface area (Å²) in [5, 5.41) is 0.960. The lowest BCUT2D eigenvalue weighted by atomic mass is 10.0. The highest BCUT2D eigenvalue weighted by Crippen LogP contribution is 2.27. The molecular weight excluding hydrogens is 394 g/mol. The average Bonchev–Trinajstić information content (AvgIpc) is 3.25. The maximum Gasteiger partial charge on any atom is 0.354 e. The number of carbonyl (C=O) groups is 3. The number of nitrogens with one attached hydrogen (secondary N) is 1. The molecule has 2 aromatic carbocycles. The lowest BCUT2D eigenvalue weighted by molar-refractivity contribution is 0.0591. The smallest absolute Gasteiger partial charge is 0.354 e. The second kappa shape index (κ2) is 8.35. The molecule has 3 aromatic rings. The number of ether oxygens (including phenoxy) is 1. The number of carbonyl (C=O) groups excluding carboxylic acids is 3. The highest BCUT2D eigenvalue weighted by Gasteiger charge is 2.34. The zero-order chi connectivity index (χ0) is 22.1. The van der Waals surface area contributed by atoms with Crippen molar-refractivity contribution >= 4 is 28.7 Å². The Balaban J connectivity index is 1.59. The van der Waals surface area contributed by atoms with Crippen molar-refractivity contribution < 1.29 is 19.1 Å². The molecule has 1 N–H and O–H groups in total. The Morgan fingerprint density at radius 1 is 1.03 bits per heavy atom. The molecule has 0 aliphatic carbocycles. The number of methoxy groups -OCH3 is 1. The van der Waals surface area contributed by atoms with Crippen LogP contribution >= 0.6 is 0 Å². The van der Waals surface area contributed by atoms with Crippen molar-refractivity contribution in [3.63, 3.8) is 0 Å². The highest BCUT2D eigenvalue weighted by atomic mass is 16.5. The van der Waals surface area contributed by atoms with Crippen LogP contribution in [0.2, 0.25) is 0 Å². The van der Waals surface area contributed by atoms with Crippen LogP contribution in [0.5, 0.6) is 0 Å². The number of aromatic nitrogens is 1. The third kappa shape index (κ3) is 3.84. The molecule has 2 heterocycles. The number of amides is 2. The molecule has 0 atom stereocenters. The van der Waals surface area contributed by atoms with Gasteiger partial charge in [0.05, 0.1) is 18.2 Å². The van der Waals surface area contributed by atoms with Crippen LogP contribution in [0, 0.1) is 0 Å². The first-order valence-electron chi connectivity index (χ1n) is 10.2. The summed E-state index contributed by atoms with van der Waals surface area (Å²) in [4.78, 5) is 44.0. The van der Waals surface area contributed by atoms with Crippen LogP contribution in [-0.4, -0.2) is 66.9 Å². The fourth-order valence-corrected chi connectivity index (χ4v) is 4.00. The van der Waals surface area contributed by atoms with Gasteiger partial charge in [0.1, 0.15) is 5.69 Å². The van der Waals surface area contributed by atoms with E-state index < -0.39 is 5.97 Å². The van der Waals surface area contributed by atoms with Crippen molar-refractivity contribution in [3.05, 3.63) is 70.4 Å². The van der Waals surface area contributed by atoms with Crippen LogP contribution in [0.25, 0.3) is 10.9 Å². The molecule has 2 amide bonds. The Labute approximate surface area is 180 Å². The van der Waals surface area contributed by atoms with Crippen LogP contribution in [-0.2, 0) is 17.6 Å². The average molecular weight is 419 g/mol. The van der Waals surface area contributed by atoms with E-state index in [1.165, 1.54) is 12.0 Å². The quantitative estimate of drug-likeness (QED) is 0.470. The van der Waals surface area contributed by atoms with Gasteiger partial charge < -0.3 is 14.6 Å². The molecule has 7 heteroatoms. The minimum Gasteiger partial charge on any atom is -0.464 e. The van der Waals surface area contributed by atoms with E-state index in [2.05, 4.69) is 9.88 Å². The van der Waals surface area contributed by atoms with Crippen molar-refractivity contribution in [2.75, 3.05) is 34.3 Å². The standard InChI is InChI=1S/C24H25N3O4/c1-26(2)12-11-16-19-14-15(8-9-20(19)25-21(16)24(30)31-3)10-13-27-22(28)17-6-4-5-7-18(17)23(27)29/h4-9,14,25H,10-13H2,1-3H3.